The molecule has 0 bridgehead atoms. The molecule has 1 atom stereocenters. The second-order valence-electron chi connectivity index (χ2n) is 5.54. The fraction of sp³-hybridized carbons (Fsp3) is 0.294. The van der Waals surface area contributed by atoms with Gasteiger partial charge in [-0.2, -0.15) is 13.2 Å². The molecule has 0 aliphatic carbocycles. The Kier molecular flexibility index (Phi) is 4.78. The smallest absolute Gasteiger partial charge is 0.416 e. The van der Waals surface area contributed by atoms with E-state index >= 15 is 0 Å². The molecule has 3 heterocycles. The first-order valence-corrected chi connectivity index (χ1v) is 7.62. The third-order valence-electron chi connectivity index (χ3n) is 3.74. The van der Waals surface area contributed by atoms with E-state index in [2.05, 4.69) is 4.98 Å². The van der Waals surface area contributed by atoms with Crippen LogP contribution in [0, 0.1) is 0 Å². The van der Waals surface area contributed by atoms with Crippen LogP contribution in [0.25, 0.3) is 6.08 Å². The fourth-order valence-electron chi connectivity index (χ4n) is 2.49. The summed E-state index contributed by atoms with van der Waals surface area (Å²) in [6.07, 6.45) is 1.20. The maximum Gasteiger partial charge on any atom is 0.416 e. The predicted molar refractivity (Wildman–Crippen MR) is 82.6 cm³/mol. The minimum atomic E-state index is -4.45. The van der Waals surface area contributed by atoms with Crippen molar-refractivity contribution in [2.45, 2.75) is 18.7 Å². The number of amides is 1. The van der Waals surface area contributed by atoms with Gasteiger partial charge < -0.3 is 14.1 Å². The van der Waals surface area contributed by atoms with Gasteiger partial charge in [0.25, 0.3) is 0 Å². The van der Waals surface area contributed by atoms with Gasteiger partial charge in [0, 0.05) is 31.3 Å². The summed E-state index contributed by atoms with van der Waals surface area (Å²) in [4.78, 5) is 17.5. The number of pyridine rings is 1. The molecular weight excluding hydrogens is 337 g/mol. The van der Waals surface area contributed by atoms with Crippen LogP contribution in [0.1, 0.15) is 17.7 Å². The van der Waals surface area contributed by atoms with Crippen LogP contribution in [0.2, 0.25) is 0 Å². The molecule has 2 aromatic heterocycles. The second kappa shape index (κ2) is 7.00. The third kappa shape index (κ3) is 4.40. The first kappa shape index (κ1) is 17.1. The number of ether oxygens (including phenoxy) is 1. The Morgan fingerprint density at radius 1 is 1.40 bits per heavy atom. The lowest BCUT2D eigenvalue weighted by atomic mass is 10.2. The number of halogens is 3. The summed E-state index contributed by atoms with van der Waals surface area (Å²) in [5.74, 6) is 0.258. The lowest BCUT2D eigenvalue weighted by Crippen LogP contribution is -2.29. The molecule has 1 amide bonds. The van der Waals surface area contributed by atoms with Gasteiger partial charge in [-0.3, -0.25) is 4.79 Å². The predicted octanol–water partition coefficient (Wildman–Crippen LogP) is 3.39. The van der Waals surface area contributed by atoms with E-state index in [1.807, 2.05) is 0 Å². The van der Waals surface area contributed by atoms with E-state index in [0.29, 0.717) is 25.3 Å². The molecule has 3 rings (SSSR count). The van der Waals surface area contributed by atoms with Gasteiger partial charge in [0.15, 0.2) is 0 Å². The Balaban J connectivity index is 1.57. The van der Waals surface area contributed by atoms with Crippen LogP contribution in [0.3, 0.4) is 0 Å². The molecule has 5 nitrogen and oxygen atoms in total. The number of alkyl halides is 3. The van der Waals surface area contributed by atoms with Crippen LogP contribution in [0.4, 0.5) is 13.2 Å². The van der Waals surface area contributed by atoms with Gasteiger partial charge >= 0.3 is 6.18 Å². The first-order valence-electron chi connectivity index (χ1n) is 7.62. The van der Waals surface area contributed by atoms with Gasteiger partial charge in [-0.05, 0) is 24.3 Å². The van der Waals surface area contributed by atoms with E-state index in [1.165, 1.54) is 12.3 Å². The van der Waals surface area contributed by atoms with E-state index < -0.39 is 17.8 Å². The van der Waals surface area contributed by atoms with E-state index in [-0.39, 0.29) is 11.8 Å². The molecule has 8 heteroatoms. The third-order valence-corrected chi connectivity index (χ3v) is 3.74. The van der Waals surface area contributed by atoms with Gasteiger partial charge in [0.05, 0.1) is 18.4 Å². The second-order valence-corrected chi connectivity index (χ2v) is 5.54. The number of rotatable bonds is 4. The number of likely N-dealkylation sites (tertiary alicyclic amines) is 1. The highest BCUT2D eigenvalue weighted by atomic mass is 19.4. The van der Waals surface area contributed by atoms with Crippen LogP contribution in [0.5, 0.6) is 5.88 Å². The van der Waals surface area contributed by atoms with Crippen LogP contribution >= 0.6 is 0 Å². The molecule has 0 radical (unpaired) electrons. The topological polar surface area (TPSA) is 55.6 Å². The number of hydrogen-bond acceptors (Lipinski definition) is 4. The normalized spacial score (nSPS) is 18.0. The average Bonchev–Trinajstić information content (AvgIpc) is 3.24. The van der Waals surface area contributed by atoms with E-state index in [1.54, 1.807) is 23.1 Å². The molecule has 0 N–H and O–H groups in total. The van der Waals surface area contributed by atoms with Crippen molar-refractivity contribution in [2.24, 2.45) is 0 Å². The van der Waals surface area contributed by atoms with Crippen LogP contribution in [-0.2, 0) is 11.0 Å². The van der Waals surface area contributed by atoms with Crippen LogP contribution < -0.4 is 4.74 Å². The summed E-state index contributed by atoms with van der Waals surface area (Å²) in [5, 5.41) is 0. The highest BCUT2D eigenvalue weighted by Gasteiger charge is 2.32. The SMILES string of the molecule is O=C(/C=C/c1ccco1)N1CCC(Oc2cc(C(F)(F)F)ccn2)C1. The molecule has 1 fully saturated rings. The van der Waals surface area contributed by atoms with E-state index in [9.17, 15) is 18.0 Å². The zero-order chi connectivity index (χ0) is 17.9. The number of carbonyl (C=O) groups is 1. The molecule has 25 heavy (non-hydrogen) atoms. The van der Waals surface area contributed by atoms with Crippen molar-refractivity contribution < 1.29 is 27.1 Å². The van der Waals surface area contributed by atoms with Gasteiger partial charge in [-0.1, -0.05) is 0 Å². The number of aromatic nitrogens is 1. The maximum absolute atomic E-state index is 12.7. The standard InChI is InChI=1S/C17H15F3N2O3/c18-17(19,20)12-5-7-21-15(10-12)25-14-6-8-22(11-14)16(23)4-3-13-2-1-9-24-13/h1-5,7,9-10,14H,6,8,11H2/b4-3+. The molecule has 1 unspecified atom stereocenters. The van der Waals surface area contributed by atoms with Crippen molar-refractivity contribution in [1.29, 1.82) is 0 Å². The summed E-state index contributed by atoms with van der Waals surface area (Å²) in [5.41, 5.74) is -0.815. The van der Waals surface area contributed by atoms with Crippen molar-refractivity contribution >= 4 is 12.0 Å². The van der Waals surface area contributed by atoms with Crippen molar-refractivity contribution in [2.75, 3.05) is 13.1 Å². The fourth-order valence-corrected chi connectivity index (χ4v) is 2.49. The number of carbonyl (C=O) groups excluding carboxylic acids is 1. The quantitative estimate of drug-likeness (QED) is 0.792. The summed E-state index contributed by atoms with van der Waals surface area (Å²) in [7, 11) is 0. The van der Waals surface area contributed by atoms with Crippen LogP contribution in [-0.4, -0.2) is 35.0 Å². The number of hydrogen-bond donors (Lipinski definition) is 0. The molecule has 1 saturated heterocycles. The molecule has 132 valence electrons. The van der Waals surface area contributed by atoms with Crippen LogP contribution in [0.15, 0.2) is 47.2 Å². The van der Waals surface area contributed by atoms with Gasteiger partial charge in [-0.25, -0.2) is 4.98 Å². The minimum absolute atomic E-state index is 0.0970. The Bertz CT molecular complexity index is 757. The van der Waals surface area contributed by atoms with Crippen molar-refractivity contribution in [3.63, 3.8) is 0 Å². The van der Waals surface area contributed by atoms with Gasteiger partial charge in [0.2, 0.25) is 11.8 Å². The molecule has 1 aliphatic heterocycles. The summed E-state index contributed by atoms with van der Waals surface area (Å²) >= 11 is 0. The van der Waals surface area contributed by atoms with E-state index in [0.717, 1.165) is 18.3 Å². The van der Waals surface area contributed by atoms with Crippen molar-refractivity contribution in [3.05, 3.63) is 54.1 Å². The first-order chi connectivity index (χ1) is 11.9. The lowest BCUT2D eigenvalue weighted by Gasteiger charge is -2.16. The average molecular weight is 352 g/mol. The molecule has 1 aliphatic rings. The monoisotopic (exact) mass is 352 g/mol. The van der Waals surface area contributed by atoms with Crippen molar-refractivity contribution in [1.82, 2.24) is 9.88 Å². The molecule has 0 saturated carbocycles. The number of nitrogens with zero attached hydrogens (tertiary/aromatic N) is 2. The summed E-state index contributed by atoms with van der Waals surface area (Å²) < 4.78 is 48.7. The van der Waals surface area contributed by atoms with Crippen molar-refractivity contribution in [3.8, 4) is 5.88 Å². The molecular formula is C17H15F3N2O3. The minimum Gasteiger partial charge on any atom is -0.472 e. The lowest BCUT2D eigenvalue weighted by molar-refractivity contribution is -0.137. The van der Waals surface area contributed by atoms with Gasteiger partial charge in [0.1, 0.15) is 11.9 Å². The maximum atomic E-state index is 12.7. The largest absolute Gasteiger partial charge is 0.472 e. The van der Waals surface area contributed by atoms with Gasteiger partial charge in [-0.15, -0.1) is 0 Å². The van der Waals surface area contributed by atoms with E-state index in [4.69, 9.17) is 9.15 Å². The summed E-state index contributed by atoms with van der Waals surface area (Å²) in [6.45, 7) is 0.754. The molecule has 0 spiro atoms. The highest BCUT2D eigenvalue weighted by Crippen LogP contribution is 2.31. The number of furan rings is 1. The Hall–Kier alpha value is -2.77. The highest BCUT2D eigenvalue weighted by molar-refractivity contribution is 5.91. The molecule has 0 aromatic carbocycles. The molecule has 2 aromatic rings. The Labute approximate surface area is 141 Å². The Morgan fingerprint density at radius 2 is 2.24 bits per heavy atom. The Morgan fingerprint density at radius 3 is 2.96 bits per heavy atom. The zero-order valence-electron chi connectivity index (χ0n) is 13.1. The zero-order valence-corrected chi connectivity index (χ0v) is 13.1. The summed E-state index contributed by atoms with van der Waals surface area (Å²) in [6, 6.07) is 5.18.